The zero-order chi connectivity index (χ0) is 12.4. The fourth-order valence-corrected chi connectivity index (χ4v) is 1.84. The number of aromatic nitrogens is 3. The zero-order valence-corrected chi connectivity index (χ0v) is 9.71. The summed E-state index contributed by atoms with van der Waals surface area (Å²) >= 11 is 0. The van der Waals surface area contributed by atoms with Gasteiger partial charge in [0.2, 0.25) is 0 Å². The van der Waals surface area contributed by atoms with E-state index in [1.54, 1.807) is 24.1 Å². The second-order valence-corrected chi connectivity index (χ2v) is 3.85. The van der Waals surface area contributed by atoms with Gasteiger partial charge in [-0.05, 0) is 24.6 Å². The first-order chi connectivity index (χ1) is 8.09. The van der Waals surface area contributed by atoms with Gasteiger partial charge in [-0.3, -0.25) is 14.5 Å². The molecule has 2 heterocycles. The summed E-state index contributed by atoms with van der Waals surface area (Å²) in [5.41, 5.74) is 3.39. The first kappa shape index (κ1) is 11.3. The van der Waals surface area contributed by atoms with E-state index in [9.17, 15) is 4.79 Å². The van der Waals surface area contributed by atoms with Crippen molar-refractivity contribution in [3.8, 4) is 11.3 Å². The fourth-order valence-electron chi connectivity index (χ4n) is 1.84. The first-order valence-electron chi connectivity index (χ1n) is 5.24. The highest BCUT2D eigenvalue weighted by Crippen LogP contribution is 2.23. The Morgan fingerprint density at radius 1 is 1.41 bits per heavy atom. The predicted octanol–water partition coefficient (Wildman–Crippen LogP) is 1.42. The molecule has 1 N–H and O–H groups in total. The molecule has 0 bridgehead atoms. The summed E-state index contributed by atoms with van der Waals surface area (Å²) < 4.78 is 1.62. The molecule has 0 aliphatic carbocycles. The Balaban J connectivity index is 2.48. The van der Waals surface area contributed by atoms with E-state index in [0.29, 0.717) is 0 Å². The summed E-state index contributed by atoms with van der Waals surface area (Å²) in [6, 6.07) is 3.72. The molecular formula is C12H13N3O2. The van der Waals surface area contributed by atoms with Crippen LogP contribution in [0.15, 0.2) is 24.5 Å². The van der Waals surface area contributed by atoms with Crippen LogP contribution in [0, 0.1) is 6.92 Å². The highest BCUT2D eigenvalue weighted by Gasteiger charge is 2.15. The van der Waals surface area contributed by atoms with Gasteiger partial charge < -0.3 is 5.11 Å². The largest absolute Gasteiger partial charge is 0.481 e. The van der Waals surface area contributed by atoms with Crippen molar-refractivity contribution in [2.45, 2.75) is 13.3 Å². The van der Waals surface area contributed by atoms with Crippen LogP contribution in [0.1, 0.15) is 11.3 Å². The van der Waals surface area contributed by atoms with Crippen LogP contribution in [-0.2, 0) is 18.3 Å². The SMILES string of the molecule is Cc1c(-c2ccncc2)nn(C)c1CC(=O)O. The normalized spacial score (nSPS) is 10.5. The Labute approximate surface area is 98.7 Å². The van der Waals surface area contributed by atoms with E-state index < -0.39 is 5.97 Å². The summed E-state index contributed by atoms with van der Waals surface area (Å²) in [7, 11) is 1.76. The highest BCUT2D eigenvalue weighted by molar-refractivity contribution is 5.72. The van der Waals surface area contributed by atoms with E-state index in [1.807, 2.05) is 19.1 Å². The maximum Gasteiger partial charge on any atom is 0.309 e. The van der Waals surface area contributed by atoms with Gasteiger partial charge in [-0.15, -0.1) is 0 Å². The van der Waals surface area contributed by atoms with Gasteiger partial charge in [-0.2, -0.15) is 5.10 Å². The second kappa shape index (κ2) is 4.37. The zero-order valence-electron chi connectivity index (χ0n) is 9.71. The van der Waals surface area contributed by atoms with Crippen molar-refractivity contribution in [1.29, 1.82) is 0 Å². The van der Waals surface area contributed by atoms with E-state index >= 15 is 0 Å². The smallest absolute Gasteiger partial charge is 0.309 e. The second-order valence-electron chi connectivity index (χ2n) is 3.85. The molecule has 5 nitrogen and oxygen atoms in total. The Hall–Kier alpha value is -2.17. The summed E-state index contributed by atoms with van der Waals surface area (Å²) in [5, 5.41) is 13.2. The lowest BCUT2D eigenvalue weighted by molar-refractivity contribution is -0.136. The van der Waals surface area contributed by atoms with Gasteiger partial charge in [-0.25, -0.2) is 0 Å². The van der Waals surface area contributed by atoms with Gasteiger partial charge in [0.05, 0.1) is 17.8 Å². The Morgan fingerprint density at radius 3 is 2.65 bits per heavy atom. The van der Waals surface area contributed by atoms with Crippen molar-refractivity contribution in [2.75, 3.05) is 0 Å². The number of carbonyl (C=O) groups is 1. The van der Waals surface area contributed by atoms with Crippen molar-refractivity contribution in [3.05, 3.63) is 35.8 Å². The molecule has 0 aromatic carbocycles. The molecule has 0 radical (unpaired) electrons. The Kier molecular flexibility index (Phi) is 2.91. The van der Waals surface area contributed by atoms with Gasteiger partial charge in [0.1, 0.15) is 0 Å². The van der Waals surface area contributed by atoms with Crippen molar-refractivity contribution in [1.82, 2.24) is 14.8 Å². The average molecular weight is 231 g/mol. The lowest BCUT2D eigenvalue weighted by atomic mass is 10.1. The van der Waals surface area contributed by atoms with Crippen LogP contribution in [-0.4, -0.2) is 25.8 Å². The molecule has 0 aliphatic rings. The molecule has 5 heteroatoms. The molecule has 0 unspecified atom stereocenters. The van der Waals surface area contributed by atoms with Crippen LogP contribution in [0.25, 0.3) is 11.3 Å². The van der Waals surface area contributed by atoms with Crippen LogP contribution in [0.5, 0.6) is 0 Å². The molecule has 17 heavy (non-hydrogen) atoms. The summed E-state index contributed by atoms with van der Waals surface area (Å²) in [5.74, 6) is -0.850. The number of carboxylic acid groups (broad SMARTS) is 1. The van der Waals surface area contributed by atoms with E-state index in [0.717, 1.165) is 22.5 Å². The molecule has 0 saturated heterocycles. The van der Waals surface area contributed by atoms with Crippen LogP contribution >= 0.6 is 0 Å². The number of hydrogen-bond acceptors (Lipinski definition) is 3. The quantitative estimate of drug-likeness (QED) is 0.867. The van der Waals surface area contributed by atoms with Crippen molar-refractivity contribution in [2.24, 2.45) is 7.05 Å². The van der Waals surface area contributed by atoms with Crippen LogP contribution in [0.3, 0.4) is 0 Å². The third kappa shape index (κ3) is 2.18. The van der Waals surface area contributed by atoms with Crippen LogP contribution in [0.4, 0.5) is 0 Å². The van der Waals surface area contributed by atoms with Crippen molar-refractivity contribution in [3.63, 3.8) is 0 Å². The average Bonchev–Trinajstić information content (AvgIpc) is 2.58. The van der Waals surface area contributed by atoms with E-state index in [1.165, 1.54) is 0 Å². The minimum atomic E-state index is -0.850. The third-order valence-corrected chi connectivity index (χ3v) is 2.70. The van der Waals surface area contributed by atoms with Gasteiger partial charge in [0, 0.05) is 25.0 Å². The number of aryl methyl sites for hydroxylation is 1. The van der Waals surface area contributed by atoms with E-state index in [-0.39, 0.29) is 6.42 Å². The molecule has 0 atom stereocenters. The Bertz CT molecular complexity index is 546. The molecule has 2 aromatic rings. The Morgan fingerprint density at radius 2 is 2.06 bits per heavy atom. The number of nitrogens with zero attached hydrogens (tertiary/aromatic N) is 3. The summed E-state index contributed by atoms with van der Waals surface area (Å²) in [6.45, 7) is 1.89. The summed E-state index contributed by atoms with van der Waals surface area (Å²) in [6.07, 6.45) is 3.38. The number of rotatable bonds is 3. The molecule has 88 valence electrons. The molecular weight excluding hydrogens is 218 g/mol. The molecule has 2 aromatic heterocycles. The highest BCUT2D eigenvalue weighted by atomic mass is 16.4. The number of aliphatic carboxylic acids is 1. The van der Waals surface area contributed by atoms with Crippen LogP contribution in [0.2, 0.25) is 0 Å². The monoisotopic (exact) mass is 231 g/mol. The van der Waals surface area contributed by atoms with Gasteiger partial charge >= 0.3 is 5.97 Å². The standard InChI is InChI=1S/C12H13N3O2/c1-8-10(7-11(16)17)15(2)14-12(8)9-3-5-13-6-4-9/h3-6H,7H2,1-2H3,(H,16,17). The fraction of sp³-hybridized carbons (Fsp3) is 0.250. The van der Waals surface area contributed by atoms with Crippen LogP contribution < -0.4 is 0 Å². The van der Waals surface area contributed by atoms with E-state index in [2.05, 4.69) is 10.1 Å². The lowest BCUT2D eigenvalue weighted by Crippen LogP contribution is -2.06. The third-order valence-electron chi connectivity index (χ3n) is 2.70. The van der Waals surface area contributed by atoms with Gasteiger partial charge in [-0.1, -0.05) is 0 Å². The number of hydrogen-bond donors (Lipinski definition) is 1. The molecule has 0 spiro atoms. The number of pyridine rings is 1. The molecule has 0 amide bonds. The van der Waals surface area contributed by atoms with Gasteiger partial charge in [0.15, 0.2) is 0 Å². The topological polar surface area (TPSA) is 68.0 Å². The van der Waals surface area contributed by atoms with Crippen molar-refractivity contribution < 1.29 is 9.90 Å². The van der Waals surface area contributed by atoms with E-state index in [4.69, 9.17) is 5.11 Å². The van der Waals surface area contributed by atoms with Crippen molar-refractivity contribution >= 4 is 5.97 Å². The van der Waals surface area contributed by atoms with Gasteiger partial charge in [0.25, 0.3) is 0 Å². The maximum absolute atomic E-state index is 10.8. The molecule has 2 rings (SSSR count). The lowest BCUT2D eigenvalue weighted by Gasteiger charge is -1.99. The minimum absolute atomic E-state index is 0.0135. The first-order valence-corrected chi connectivity index (χ1v) is 5.24. The minimum Gasteiger partial charge on any atom is -0.481 e. The molecule has 0 saturated carbocycles. The summed E-state index contributed by atoms with van der Waals surface area (Å²) in [4.78, 5) is 14.7. The molecule has 0 fully saturated rings. The molecule has 0 aliphatic heterocycles. The predicted molar refractivity (Wildman–Crippen MR) is 62.5 cm³/mol. The number of carboxylic acids is 1. The maximum atomic E-state index is 10.8.